The first-order valence-electron chi connectivity index (χ1n) is 9.20. The van der Waals surface area contributed by atoms with E-state index in [0.29, 0.717) is 25.3 Å². The number of rotatable bonds is 8. The first-order chi connectivity index (χ1) is 13.0. The van der Waals surface area contributed by atoms with E-state index in [1.54, 1.807) is 6.33 Å². The Balaban J connectivity index is 1.53. The van der Waals surface area contributed by atoms with Crippen LogP contribution in [0.1, 0.15) is 17.7 Å². The van der Waals surface area contributed by atoms with Crippen molar-refractivity contribution in [1.82, 2.24) is 14.9 Å². The van der Waals surface area contributed by atoms with Crippen molar-refractivity contribution in [2.45, 2.75) is 25.5 Å². The lowest BCUT2D eigenvalue weighted by Crippen LogP contribution is -2.43. The van der Waals surface area contributed by atoms with Gasteiger partial charge in [-0.25, -0.2) is 14.4 Å². The predicted molar refractivity (Wildman–Crippen MR) is 103 cm³/mol. The quantitative estimate of drug-likeness (QED) is 0.764. The number of anilines is 1. The molecule has 1 saturated heterocycles. The van der Waals surface area contributed by atoms with E-state index in [1.165, 1.54) is 0 Å². The van der Waals surface area contributed by atoms with Gasteiger partial charge in [-0.3, -0.25) is 4.90 Å². The number of hydrogen-bond acceptors (Lipinski definition) is 6. The summed E-state index contributed by atoms with van der Waals surface area (Å²) in [4.78, 5) is 12.7. The molecule has 146 valence electrons. The lowest BCUT2D eigenvalue weighted by molar-refractivity contribution is 0.0279. The van der Waals surface area contributed by atoms with E-state index in [4.69, 9.17) is 4.74 Å². The third kappa shape index (κ3) is 5.37. The number of nitrogens with zero attached hydrogens (tertiary/aromatic N) is 4. The van der Waals surface area contributed by atoms with Gasteiger partial charge in [-0.1, -0.05) is 12.1 Å². The Morgan fingerprint density at radius 2 is 2.07 bits per heavy atom. The number of aromatic nitrogens is 2. The number of β-amino-alcohol motifs (C(OH)–C–C–N with tert-alkyl or cyclic N) is 1. The van der Waals surface area contributed by atoms with Crippen molar-refractivity contribution in [2.75, 3.05) is 44.9 Å². The van der Waals surface area contributed by atoms with Crippen molar-refractivity contribution in [3.8, 4) is 5.75 Å². The van der Waals surface area contributed by atoms with Gasteiger partial charge in [-0.15, -0.1) is 0 Å². The molecule has 0 aliphatic carbocycles. The van der Waals surface area contributed by atoms with Gasteiger partial charge in [-0.05, 0) is 38.1 Å². The van der Waals surface area contributed by atoms with Gasteiger partial charge < -0.3 is 14.7 Å². The van der Waals surface area contributed by atoms with Crippen LogP contribution in [0.25, 0.3) is 0 Å². The van der Waals surface area contributed by atoms with Gasteiger partial charge in [0, 0.05) is 37.9 Å². The topological polar surface area (TPSA) is 61.7 Å². The molecule has 1 aliphatic heterocycles. The van der Waals surface area contributed by atoms with Crippen LogP contribution in [0, 0.1) is 6.92 Å². The molecule has 7 heteroatoms. The zero-order valence-corrected chi connectivity index (χ0v) is 15.9. The van der Waals surface area contributed by atoms with E-state index in [9.17, 15) is 9.50 Å². The molecular weight excluding hydrogens is 347 g/mol. The number of hydrogen-bond donors (Lipinski definition) is 1. The van der Waals surface area contributed by atoms with Crippen LogP contribution in [0.3, 0.4) is 0 Å². The van der Waals surface area contributed by atoms with Crippen LogP contribution in [-0.4, -0.2) is 65.5 Å². The number of likely N-dealkylation sites (N-methyl/N-ethyl adjacent to an activating group) is 1. The highest BCUT2D eigenvalue weighted by molar-refractivity contribution is 5.41. The van der Waals surface area contributed by atoms with Crippen molar-refractivity contribution in [3.63, 3.8) is 0 Å². The molecule has 0 bridgehead atoms. The van der Waals surface area contributed by atoms with Crippen molar-refractivity contribution in [2.24, 2.45) is 0 Å². The van der Waals surface area contributed by atoms with Crippen LogP contribution in [0.5, 0.6) is 5.75 Å². The van der Waals surface area contributed by atoms with Crippen LogP contribution in [-0.2, 0) is 6.54 Å². The van der Waals surface area contributed by atoms with Crippen LogP contribution in [0.2, 0.25) is 0 Å². The Morgan fingerprint density at radius 3 is 2.78 bits per heavy atom. The SMILES string of the molecule is Cc1cc(N2CCC(O)(CN(C)Cc3ccc(OCCF)cc3)C2)ncn1. The Morgan fingerprint density at radius 1 is 1.30 bits per heavy atom. The molecule has 2 heterocycles. The minimum absolute atomic E-state index is 0.0780. The number of aliphatic hydroxyl groups is 1. The summed E-state index contributed by atoms with van der Waals surface area (Å²) in [6, 6.07) is 9.59. The van der Waals surface area contributed by atoms with E-state index in [-0.39, 0.29) is 6.61 Å². The maximum atomic E-state index is 12.1. The number of benzene rings is 1. The molecule has 0 saturated carbocycles. The molecule has 1 N–H and O–H groups in total. The van der Waals surface area contributed by atoms with Crippen molar-refractivity contribution >= 4 is 5.82 Å². The summed E-state index contributed by atoms with van der Waals surface area (Å²) in [5.74, 6) is 1.54. The zero-order chi connectivity index (χ0) is 19.3. The molecule has 6 nitrogen and oxygen atoms in total. The van der Waals surface area contributed by atoms with Gasteiger partial charge in [-0.2, -0.15) is 0 Å². The normalized spacial score (nSPS) is 19.7. The summed E-state index contributed by atoms with van der Waals surface area (Å²) >= 11 is 0. The van der Waals surface area contributed by atoms with Gasteiger partial charge in [0.1, 0.15) is 31.2 Å². The van der Waals surface area contributed by atoms with Crippen LogP contribution in [0.15, 0.2) is 36.7 Å². The first-order valence-corrected chi connectivity index (χ1v) is 9.20. The highest BCUT2D eigenvalue weighted by Crippen LogP contribution is 2.26. The maximum Gasteiger partial charge on any atom is 0.132 e. The number of ether oxygens (including phenoxy) is 1. The standard InChI is InChI=1S/C20H27FN4O2/c1-16-11-19(23-15-22-16)25-9-7-20(26,14-25)13-24(2)12-17-3-5-18(6-4-17)27-10-8-21/h3-6,11,15,26H,7-10,12-14H2,1-2H3. The highest BCUT2D eigenvalue weighted by atomic mass is 19.1. The average Bonchev–Trinajstić information content (AvgIpc) is 3.03. The Bertz CT molecular complexity index is 743. The van der Waals surface area contributed by atoms with Crippen molar-refractivity contribution < 1.29 is 14.2 Å². The molecular formula is C20H27FN4O2. The van der Waals surface area contributed by atoms with Crippen LogP contribution >= 0.6 is 0 Å². The molecule has 1 fully saturated rings. The summed E-state index contributed by atoms with van der Waals surface area (Å²) < 4.78 is 17.4. The summed E-state index contributed by atoms with van der Waals surface area (Å²) in [5, 5.41) is 11.0. The highest BCUT2D eigenvalue weighted by Gasteiger charge is 2.37. The molecule has 3 rings (SSSR count). The third-order valence-electron chi connectivity index (χ3n) is 4.73. The lowest BCUT2D eigenvalue weighted by Gasteiger charge is -2.29. The lowest BCUT2D eigenvalue weighted by atomic mass is 10.0. The fraction of sp³-hybridized carbons (Fsp3) is 0.500. The first kappa shape index (κ1) is 19.5. The van der Waals surface area contributed by atoms with Gasteiger partial charge in [0.25, 0.3) is 0 Å². The Labute approximate surface area is 159 Å². The number of aryl methyl sites for hydroxylation is 1. The average molecular weight is 374 g/mol. The second-order valence-corrected chi connectivity index (χ2v) is 7.27. The van der Waals surface area contributed by atoms with Crippen LogP contribution in [0.4, 0.5) is 10.2 Å². The molecule has 1 aromatic heterocycles. The number of alkyl halides is 1. The molecule has 1 atom stereocenters. The number of halogens is 1. The van der Waals surface area contributed by atoms with E-state index in [0.717, 1.165) is 30.2 Å². The van der Waals surface area contributed by atoms with E-state index in [1.807, 2.05) is 44.3 Å². The van der Waals surface area contributed by atoms with Gasteiger partial charge in [0.2, 0.25) is 0 Å². The summed E-state index contributed by atoms with van der Waals surface area (Å²) in [6.07, 6.45) is 2.27. The predicted octanol–water partition coefficient (Wildman–Crippen LogP) is 2.21. The molecule has 1 unspecified atom stereocenters. The molecule has 2 aromatic rings. The van der Waals surface area contributed by atoms with Gasteiger partial charge >= 0.3 is 0 Å². The fourth-order valence-corrected chi connectivity index (χ4v) is 3.51. The molecule has 0 radical (unpaired) electrons. The smallest absolute Gasteiger partial charge is 0.132 e. The van der Waals surface area contributed by atoms with Crippen molar-refractivity contribution in [3.05, 3.63) is 47.9 Å². The Hall–Kier alpha value is -2.25. The van der Waals surface area contributed by atoms with E-state index >= 15 is 0 Å². The minimum atomic E-state index is -0.766. The minimum Gasteiger partial charge on any atom is -0.491 e. The summed E-state index contributed by atoms with van der Waals surface area (Å²) in [5.41, 5.74) is 1.28. The molecule has 0 spiro atoms. The fourth-order valence-electron chi connectivity index (χ4n) is 3.51. The zero-order valence-electron chi connectivity index (χ0n) is 15.9. The van der Waals surface area contributed by atoms with Gasteiger partial charge in [0.05, 0.1) is 5.60 Å². The van der Waals surface area contributed by atoms with Crippen LogP contribution < -0.4 is 9.64 Å². The van der Waals surface area contributed by atoms with E-state index in [2.05, 4.69) is 19.8 Å². The second kappa shape index (κ2) is 8.63. The third-order valence-corrected chi connectivity index (χ3v) is 4.73. The van der Waals surface area contributed by atoms with E-state index < -0.39 is 12.3 Å². The molecule has 27 heavy (non-hydrogen) atoms. The second-order valence-electron chi connectivity index (χ2n) is 7.27. The van der Waals surface area contributed by atoms with Crippen molar-refractivity contribution in [1.29, 1.82) is 0 Å². The summed E-state index contributed by atoms with van der Waals surface area (Å²) in [6.45, 7) is 4.16. The Kier molecular flexibility index (Phi) is 6.23. The molecule has 1 aromatic carbocycles. The molecule has 0 amide bonds. The van der Waals surface area contributed by atoms with Gasteiger partial charge in [0.15, 0.2) is 0 Å². The maximum absolute atomic E-state index is 12.1. The largest absolute Gasteiger partial charge is 0.491 e. The molecule has 1 aliphatic rings. The monoisotopic (exact) mass is 374 g/mol. The summed E-state index contributed by atoms with van der Waals surface area (Å²) in [7, 11) is 2.00.